The summed E-state index contributed by atoms with van der Waals surface area (Å²) in [5, 5.41) is 2.82. The largest absolute Gasteiger partial charge is 0.463 e. The number of hydrogen-bond acceptors (Lipinski definition) is 9. The number of carbonyl (C=O) groups excluding carboxylic acids is 2. The monoisotopic (exact) mass is 701 g/mol. The molecule has 0 saturated heterocycles. The summed E-state index contributed by atoms with van der Waals surface area (Å²) in [6.45, 7) is 15.5. The number of amidine groups is 1. The summed E-state index contributed by atoms with van der Waals surface area (Å²) >= 11 is 1.07. The van der Waals surface area contributed by atoms with Gasteiger partial charge in [-0.15, -0.1) is 6.42 Å². The second kappa shape index (κ2) is 15.6. The van der Waals surface area contributed by atoms with Crippen molar-refractivity contribution in [1.82, 2.24) is 20.2 Å². The molecule has 0 spiro atoms. The molecule has 0 radical (unpaired) electrons. The van der Waals surface area contributed by atoms with E-state index < -0.39 is 41.7 Å². The van der Waals surface area contributed by atoms with Crippen LogP contribution in [0.2, 0.25) is 25.7 Å². The molecule has 1 aromatic carbocycles. The lowest BCUT2D eigenvalue weighted by atomic mass is 9.82. The summed E-state index contributed by atoms with van der Waals surface area (Å²) in [4.78, 5) is 41.1. The van der Waals surface area contributed by atoms with Crippen molar-refractivity contribution in [3.8, 4) is 18.2 Å². The smallest absolute Gasteiger partial charge is 0.418 e. The molecule has 48 heavy (non-hydrogen) atoms. The maximum atomic E-state index is 15.7. The Labute approximate surface area is 287 Å². The lowest BCUT2D eigenvalue weighted by Gasteiger charge is -2.42. The van der Waals surface area contributed by atoms with E-state index in [0.29, 0.717) is 12.2 Å². The number of ether oxygens (including phenoxy) is 3. The van der Waals surface area contributed by atoms with Crippen molar-refractivity contribution >= 4 is 48.9 Å². The van der Waals surface area contributed by atoms with Crippen LogP contribution in [0, 0.1) is 18.2 Å². The number of thioether (sulfide) groups is 1. The van der Waals surface area contributed by atoms with Gasteiger partial charge in [-0.25, -0.2) is 28.4 Å². The van der Waals surface area contributed by atoms with Gasteiger partial charge in [0.25, 0.3) is 0 Å². The molecule has 2 aromatic rings. The number of nitrogens with one attached hydrogen (secondary N) is 1. The lowest BCUT2D eigenvalue weighted by molar-refractivity contribution is -0.123. The van der Waals surface area contributed by atoms with Crippen molar-refractivity contribution in [2.45, 2.75) is 82.6 Å². The van der Waals surface area contributed by atoms with Crippen LogP contribution < -0.4 is 10.1 Å². The molecule has 1 aliphatic rings. The number of amides is 2. The van der Waals surface area contributed by atoms with Crippen molar-refractivity contribution in [2.75, 3.05) is 27.0 Å². The van der Waals surface area contributed by atoms with Crippen molar-refractivity contribution in [1.29, 1.82) is 0 Å². The standard InChI is InChI=1S/C34H45F2N5O5SSi/c1-11-14-45-28-20-38-27(19-39-28)26(36)18-23-12-13-25(35)24(17-23)33(5)21-34(6,29(42)37-7)47-30(40-33)41(31(43)46-32(2,3)4)22-44-15-16-48(8,9)10/h1,12-13,17-20H,14-16,21-22H2,2-10H3,(H,37,42)/b26-18-/t33-,34?/m0/s1. The molecular weight excluding hydrogens is 657 g/mol. The van der Waals surface area contributed by atoms with Gasteiger partial charge in [-0.05, 0) is 64.4 Å². The van der Waals surface area contributed by atoms with Crippen molar-refractivity contribution in [3.63, 3.8) is 0 Å². The molecule has 14 heteroatoms. The Morgan fingerprint density at radius 2 is 1.92 bits per heavy atom. The molecule has 2 amide bonds. The third kappa shape index (κ3) is 10.6. The van der Waals surface area contributed by atoms with Gasteiger partial charge in [-0.1, -0.05) is 43.4 Å². The van der Waals surface area contributed by atoms with Gasteiger partial charge in [0.1, 0.15) is 28.6 Å². The maximum absolute atomic E-state index is 15.7. The average molecular weight is 702 g/mol. The number of halogens is 2. The van der Waals surface area contributed by atoms with Crippen LogP contribution in [0.5, 0.6) is 5.88 Å². The van der Waals surface area contributed by atoms with Gasteiger partial charge in [0, 0.05) is 33.7 Å². The highest BCUT2D eigenvalue weighted by Crippen LogP contribution is 2.48. The van der Waals surface area contributed by atoms with E-state index >= 15 is 8.78 Å². The second-order valence-corrected chi connectivity index (χ2v) is 21.1. The molecule has 0 bridgehead atoms. The van der Waals surface area contributed by atoms with Crippen LogP contribution in [-0.4, -0.2) is 77.5 Å². The van der Waals surface area contributed by atoms with Gasteiger partial charge in [-0.2, -0.15) is 0 Å². The first-order valence-corrected chi connectivity index (χ1v) is 20.0. The van der Waals surface area contributed by atoms with Crippen LogP contribution in [0.15, 0.2) is 35.6 Å². The third-order valence-corrected chi connectivity index (χ3v) is 10.1. The van der Waals surface area contributed by atoms with E-state index in [1.54, 1.807) is 34.6 Å². The highest BCUT2D eigenvalue weighted by atomic mass is 32.2. The van der Waals surface area contributed by atoms with Crippen molar-refractivity contribution in [2.24, 2.45) is 4.99 Å². The van der Waals surface area contributed by atoms with E-state index in [2.05, 4.69) is 40.8 Å². The van der Waals surface area contributed by atoms with E-state index in [-0.39, 0.29) is 48.0 Å². The first-order chi connectivity index (χ1) is 22.3. The topological polar surface area (TPSA) is 115 Å². The van der Waals surface area contributed by atoms with E-state index in [1.165, 1.54) is 48.6 Å². The molecule has 2 heterocycles. The minimum absolute atomic E-state index is 0.00764. The summed E-state index contributed by atoms with van der Waals surface area (Å²) in [5.41, 5.74) is -1.86. The average Bonchev–Trinajstić information content (AvgIpc) is 2.98. The lowest BCUT2D eigenvalue weighted by Crippen LogP contribution is -2.52. The molecule has 2 atom stereocenters. The highest BCUT2D eigenvalue weighted by Gasteiger charge is 2.49. The number of aromatic nitrogens is 2. The number of terminal acetylenes is 1. The minimum Gasteiger partial charge on any atom is -0.463 e. The van der Waals surface area contributed by atoms with Crippen molar-refractivity contribution < 1.29 is 32.6 Å². The first kappa shape index (κ1) is 38.6. The molecule has 260 valence electrons. The molecule has 3 rings (SSSR count). The van der Waals surface area contributed by atoms with E-state index in [0.717, 1.165) is 17.8 Å². The predicted octanol–water partition coefficient (Wildman–Crippen LogP) is 6.86. The Morgan fingerprint density at radius 1 is 1.21 bits per heavy atom. The van der Waals surface area contributed by atoms with Gasteiger partial charge in [0.05, 0.1) is 17.9 Å². The fraction of sp³-hybridized carbons (Fsp3) is 0.500. The van der Waals surface area contributed by atoms with Crippen LogP contribution in [-0.2, 0) is 19.8 Å². The fourth-order valence-corrected chi connectivity index (χ4v) is 6.95. The first-order valence-electron chi connectivity index (χ1n) is 15.4. The van der Waals surface area contributed by atoms with Crippen molar-refractivity contribution in [3.05, 3.63) is 53.2 Å². The Hall–Kier alpha value is -3.80. The number of nitrogens with zero attached hydrogens (tertiary/aromatic N) is 4. The summed E-state index contributed by atoms with van der Waals surface area (Å²) in [6.07, 6.45) is 8.16. The summed E-state index contributed by atoms with van der Waals surface area (Å²) in [5.74, 6) is 0.774. The number of rotatable bonds is 11. The van der Waals surface area contributed by atoms with E-state index in [4.69, 9.17) is 25.6 Å². The Morgan fingerprint density at radius 3 is 2.50 bits per heavy atom. The molecule has 0 saturated carbocycles. The maximum Gasteiger partial charge on any atom is 0.418 e. The fourth-order valence-electron chi connectivity index (χ4n) is 4.76. The molecular formula is C34H45F2N5O5SSi. The zero-order valence-electron chi connectivity index (χ0n) is 29.1. The molecule has 1 N–H and O–H groups in total. The number of carbonyl (C=O) groups is 2. The Balaban J connectivity index is 2.08. The van der Waals surface area contributed by atoms with Crippen LogP contribution in [0.3, 0.4) is 0 Å². The number of hydrogen-bond donors (Lipinski definition) is 1. The predicted molar refractivity (Wildman–Crippen MR) is 188 cm³/mol. The molecule has 1 unspecified atom stereocenters. The molecule has 0 aliphatic carbocycles. The molecule has 1 aromatic heterocycles. The normalized spacial score (nSPS) is 20.0. The third-order valence-electron chi connectivity index (χ3n) is 7.15. The summed E-state index contributed by atoms with van der Waals surface area (Å²) in [6, 6.07) is 4.96. The minimum atomic E-state index is -1.44. The van der Waals surface area contributed by atoms with Gasteiger partial charge in [0.2, 0.25) is 11.8 Å². The Bertz CT molecular complexity index is 1590. The van der Waals surface area contributed by atoms with Gasteiger partial charge in [-0.3, -0.25) is 9.79 Å². The van der Waals surface area contributed by atoms with Gasteiger partial charge in [0.15, 0.2) is 17.6 Å². The molecule has 1 aliphatic heterocycles. The van der Waals surface area contributed by atoms with E-state index in [9.17, 15) is 9.59 Å². The molecule has 10 nitrogen and oxygen atoms in total. The van der Waals surface area contributed by atoms with Crippen LogP contribution in [0.4, 0.5) is 13.6 Å². The van der Waals surface area contributed by atoms with Crippen LogP contribution in [0.1, 0.15) is 57.9 Å². The van der Waals surface area contributed by atoms with E-state index in [1.807, 2.05) is 0 Å². The zero-order valence-corrected chi connectivity index (χ0v) is 30.9. The highest BCUT2D eigenvalue weighted by molar-refractivity contribution is 8.15. The SMILES string of the molecule is C#CCOc1cnc(/C(F)=C/c2ccc(F)c([C@]3(C)CC(C)(C(=O)NC)SC(N(COCC[Si](C)(C)C)C(=O)OC(C)(C)C)=N3)c2)cn1. The second-order valence-electron chi connectivity index (χ2n) is 14.0. The summed E-state index contributed by atoms with van der Waals surface area (Å²) in [7, 11) is 0.0698. The molecule has 0 fully saturated rings. The Kier molecular flexibility index (Phi) is 12.6. The summed E-state index contributed by atoms with van der Waals surface area (Å²) < 4.78 is 46.7. The van der Waals surface area contributed by atoms with Crippen LogP contribution in [0.25, 0.3) is 11.9 Å². The quantitative estimate of drug-likeness (QED) is 0.117. The van der Waals surface area contributed by atoms with Gasteiger partial charge < -0.3 is 19.5 Å². The van der Waals surface area contributed by atoms with Gasteiger partial charge >= 0.3 is 6.09 Å². The number of aliphatic imine (C=N–C) groups is 1. The number of benzene rings is 1. The van der Waals surface area contributed by atoms with Crippen LogP contribution >= 0.6 is 11.8 Å². The zero-order chi connectivity index (χ0) is 35.9.